The van der Waals surface area contributed by atoms with Crippen molar-refractivity contribution in [2.24, 2.45) is 11.3 Å². The van der Waals surface area contributed by atoms with E-state index in [2.05, 4.69) is 5.32 Å². The van der Waals surface area contributed by atoms with Gasteiger partial charge in [-0.2, -0.15) is 13.2 Å². The molecule has 1 aliphatic carbocycles. The van der Waals surface area contributed by atoms with Gasteiger partial charge in [0.25, 0.3) is 0 Å². The highest BCUT2D eigenvalue weighted by Crippen LogP contribution is 2.43. The average molecular weight is 399 g/mol. The zero-order valence-corrected chi connectivity index (χ0v) is 17.0. The second-order valence-electron chi connectivity index (χ2n) is 8.74. The molecule has 28 heavy (non-hydrogen) atoms. The largest absolute Gasteiger partial charge is 0.488 e. The molecule has 1 unspecified atom stereocenters. The smallest absolute Gasteiger partial charge is 0.416 e. The molecule has 0 aromatic heterocycles. The molecule has 1 amide bonds. The lowest BCUT2D eigenvalue weighted by atomic mass is 9.75. The zero-order chi connectivity index (χ0) is 21.3. The van der Waals surface area contributed by atoms with Gasteiger partial charge >= 0.3 is 6.18 Å². The Morgan fingerprint density at radius 1 is 1.25 bits per heavy atom. The van der Waals surface area contributed by atoms with Crippen LogP contribution in [0.2, 0.25) is 0 Å². The average Bonchev–Trinajstić information content (AvgIpc) is 2.94. The molecule has 1 atom stereocenters. The van der Waals surface area contributed by atoms with Crippen molar-refractivity contribution < 1.29 is 27.5 Å². The van der Waals surface area contributed by atoms with Gasteiger partial charge < -0.3 is 10.1 Å². The Bertz CT molecular complexity index is 750. The number of halogens is 3. The molecule has 7 heteroatoms. The molecule has 1 N–H and O–H groups in total. The van der Waals surface area contributed by atoms with Gasteiger partial charge in [0.15, 0.2) is 0 Å². The van der Waals surface area contributed by atoms with E-state index in [4.69, 9.17) is 4.74 Å². The van der Waals surface area contributed by atoms with Gasteiger partial charge in [0.05, 0.1) is 11.0 Å². The zero-order valence-electron chi connectivity index (χ0n) is 17.0. The lowest BCUT2D eigenvalue weighted by Crippen LogP contribution is -2.42. The van der Waals surface area contributed by atoms with E-state index in [0.29, 0.717) is 18.6 Å². The normalized spacial score (nSPS) is 20.5. The first kappa shape index (κ1) is 22.2. The second-order valence-corrected chi connectivity index (χ2v) is 8.74. The molecule has 0 spiro atoms. The van der Waals surface area contributed by atoms with Gasteiger partial charge in [-0.1, -0.05) is 13.8 Å². The Morgan fingerprint density at radius 3 is 2.36 bits per heavy atom. The molecule has 1 aromatic rings. The van der Waals surface area contributed by atoms with Crippen molar-refractivity contribution in [1.29, 1.82) is 0 Å². The minimum atomic E-state index is -4.49. The van der Waals surface area contributed by atoms with Gasteiger partial charge in [-0.25, -0.2) is 0 Å². The Hall–Kier alpha value is -2.05. The number of hydrogen-bond acceptors (Lipinski definition) is 3. The van der Waals surface area contributed by atoms with E-state index >= 15 is 0 Å². The van der Waals surface area contributed by atoms with Crippen molar-refractivity contribution in [1.82, 2.24) is 5.32 Å². The number of rotatable bonds is 5. The first-order valence-corrected chi connectivity index (χ1v) is 9.44. The van der Waals surface area contributed by atoms with Crippen LogP contribution in [-0.2, 0) is 22.3 Å². The Balaban J connectivity index is 2.28. The maximum atomic E-state index is 13.1. The summed E-state index contributed by atoms with van der Waals surface area (Å²) in [6.45, 7) is 9.06. The summed E-state index contributed by atoms with van der Waals surface area (Å²) < 4.78 is 45.2. The first-order chi connectivity index (χ1) is 12.7. The van der Waals surface area contributed by atoms with Crippen LogP contribution in [0, 0.1) is 11.3 Å². The minimum Gasteiger partial charge on any atom is -0.488 e. The molecule has 1 aliphatic rings. The molecule has 4 nitrogen and oxygen atoms in total. The Kier molecular flexibility index (Phi) is 6.16. The van der Waals surface area contributed by atoms with Gasteiger partial charge in [-0.15, -0.1) is 0 Å². The molecule has 0 saturated heterocycles. The number of alkyl halides is 3. The maximum Gasteiger partial charge on any atom is 0.416 e. The van der Waals surface area contributed by atoms with E-state index in [1.165, 1.54) is 6.07 Å². The summed E-state index contributed by atoms with van der Waals surface area (Å²) >= 11 is 0. The van der Waals surface area contributed by atoms with Crippen LogP contribution in [0.5, 0.6) is 5.75 Å². The second kappa shape index (κ2) is 7.76. The van der Waals surface area contributed by atoms with E-state index in [0.717, 1.165) is 12.1 Å². The van der Waals surface area contributed by atoms with Crippen LogP contribution in [0.25, 0.3) is 0 Å². The molecule has 0 radical (unpaired) electrons. The Labute approximate surface area is 163 Å². The fourth-order valence-corrected chi connectivity index (χ4v) is 3.51. The number of benzene rings is 1. The standard InChI is InChI=1S/C21H28F3NO3/c1-13(2)20(9-8-16(26)11-20)18(27)25-12-14-10-15(21(22,23)24)6-7-17(14)28-19(3,4)5/h6-7,10,13H,8-9,11-12H2,1-5H3,(H,25,27). The molecule has 0 heterocycles. The highest BCUT2D eigenvalue weighted by atomic mass is 19.4. The van der Waals surface area contributed by atoms with E-state index in [9.17, 15) is 22.8 Å². The molecule has 1 aromatic carbocycles. The predicted molar refractivity (Wildman–Crippen MR) is 99.8 cm³/mol. The highest BCUT2D eigenvalue weighted by Gasteiger charge is 2.47. The summed E-state index contributed by atoms with van der Waals surface area (Å²) in [4.78, 5) is 24.7. The molecule has 1 saturated carbocycles. The van der Waals surface area contributed by atoms with Crippen molar-refractivity contribution >= 4 is 11.7 Å². The summed E-state index contributed by atoms with van der Waals surface area (Å²) in [7, 11) is 0. The quantitative estimate of drug-likeness (QED) is 0.767. The van der Waals surface area contributed by atoms with Crippen LogP contribution in [-0.4, -0.2) is 17.3 Å². The third-order valence-electron chi connectivity index (χ3n) is 5.16. The third-order valence-corrected chi connectivity index (χ3v) is 5.16. The van der Waals surface area contributed by atoms with Gasteiger partial charge in [0, 0.05) is 24.9 Å². The monoisotopic (exact) mass is 399 g/mol. The molecule has 0 bridgehead atoms. The SMILES string of the molecule is CC(C)C1(C(=O)NCc2cc(C(F)(F)F)ccc2OC(C)(C)C)CCC(=O)C1. The maximum absolute atomic E-state index is 13.1. The summed E-state index contributed by atoms with van der Waals surface area (Å²) in [5.74, 6) is -0.0141. The van der Waals surface area contributed by atoms with Crippen molar-refractivity contribution in [3.05, 3.63) is 29.3 Å². The summed E-state index contributed by atoms with van der Waals surface area (Å²) in [5, 5.41) is 2.75. The molecule has 2 rings (SSSR count). The summed E-state index contributed by atoms with van der Waals surface area (Å²) in [5.41, 5.74) is -1.95. The number of carbonyl (C=O) groups is 2. The van der Waals surface area contributed by atoms with Crippen molar-refractivity contribution in [3.63, 3.8) is 0 Å². The number of ether oxygens (including phenoxy) is 1. The number of ketones is 1. The third kappa shape index (κ3) is 5.06. The number of carbonyl (C=O) groups excluding carboxylic acids is 2. The molecule has 156 valence electrons. The Morgan fingerprint density at radius 2 is 1.89 bits per heavy atom. The number of Topliss-reactive ketones (excluding diaryl/α,β-unsaturated/α-hetero) is 1. The van der Waals surface area contributed by atoms with E-state index < -0.39 is 22.8 Å². The van der Waals surface area contributed by atoms with E-state index in [1.54, 1.807) is 20.8 Å². The van der Waals surface area contributed by atoms with Crippen LogP contribution in [0.3, 0.4) is 0 Å². The summed E-state index contributed by atoms with van der Waals surface area (Å²) in [6.07, 6.45) is -3.50. The molecular weight excluding hydrogens is 371 g/mol. The topological polar surface area (TPSA) is 55.4 Å². The van der Waals surface area contributed by atoms with Gasteiger partial charge in [0.2, 0.25) is 5.91 Å². The molecule has 0 aliphatic heterocycles. The molecule has 1 fully saturated rings. The lowest BCUT2D eigenvalue weighted by molar-refractivity contribution is -0.137. The first-order valence-electron chi connectivity index (χ1n) is 9.44. The van der Waals surface area contributed by atoms with Crippen LogP contribution >= 0.6 is 0 Å². The van der Waals surface area contributed by atoms with Crippen LogP contribution in [0.4, 0.5) is 13.2 Å². The number of hydrogen-bond donors (Lipinski definition) is 1. The minimum absolute atomic E-state index is 0.0414. The number of amides is 1. The van der Waals surface area contributed by atoms with E-state index in [1.807, 2.05) is 13.8 Å². The van der Waals surface area contributed by atoms with Crippen LogP contribution in [0.1, 0.15) is 65.0 Å². The fraction of sp³-hybridized carbons (Fsp3) is 0.619. The van der Waals surface area contributed by atoms with E-state index in [-0.39, 0.29) is 36.1 Å². The molecular formula is C21H28F3NO3. The van der Waals surface area contributed by atoms with Gasteiger partial charge in [0.1, 0.15) is 17.1 Å². The van der Waals surface area contributed by atoms with Crippen molar-refractivity contribution in [3.8, 4) is 5.75 Å². The van der Waals surface area contributed by atoms with Crippen LogP contribution in [0.15, 0.2) is 18.2 Å². The summed E-state index contributed by atoms with van der Waals surface area (Å²) in [6, 6.07) is 3.26. The highest BCUT2D eigenvalue weighted by molar-refractivity contribution is 5.93. The van der Waals surface area contributed by atoms with Crippen LogP contribution < -0.4 is 10.1 Å². The van der Waals surface area contributed by atoms with Crippen molar-refractivity contribution in [2.75, 3.05) is 0 Å². The number of nitrogens with one attached hydrogen (secondary N) is 1. The lowest BCUT2D eigenvalue weighted by Gasteiger charge is -2.31. The van der Waals surface area contributed by atoms with Gasteiger partial charge in [-0.3, -0.25) is 9.59 Å². The van der Waals surface area contributed by atoms with Crippen molar-refractivity contribution in [2.45, 2.75) is 72.2 Å². The van der Waals surface area contributed by atoms with Gasteiger partial charge in [-0.05, 0) is 51.3 Å². The fourth-order valence-electron chi connectivity index (χ4n) is 3.51. The predicted octanol–water partition coefficient (Wildman–Crippen LogP) is 4.89.